The summed E-state index contributed by atoms with van der Waals surface area (Å²) in [6, 6.07) is 0. The summed E-state index contributed by atoms with van der Waals surface area (Å²) in [7, 11) is -1.64. The molecule has 1 aliphatic carbocycles. The standard InChI is InChI=1S/C14H24N4O2S/c1-12-14(10-15-16(12)2)21(19,20)18-7-3-6-17(8-9-18)11-13-4-5-13/h10,13H,3-9,11H2,1-2H3. The quantitative estimate of drug-likeness (QED) is 0.826. The average molecular weight is 312 g/mol. The summed E-state index contributed by atoms with van der Waals surface area (Å²) >= 11 is 0. The van der Waals surface area contributed by atoms with Crippen LogP contribution in [0.1, 0.15) is 25.0 Å². The molecule has 1 aromatic rings. The van der Waals surface area contributed by atoms with E-state index in [1.807, 2.05) is 0 Å². The van der Waals surface area contributed by atoms with E-state index in [9.17, 15) is 8.42 Å². The van der Waals surface area contributed by atoms with Gasteiger partial charge in [-0.25, -0.2) is 8.42 Å². The molecule has 6 nitrogen and oxygen atoms in total. The van der Waals surface area contributed by atoms with Crippen molar-refractivity contribution >= 4 is 10.0 Å². The van der Waals surface area contributed by atoms with Crippen molar-refractivity contribution in [3.05, 3.63) is 11.9 Å². The Labute approximate surface area is 126 Å². The van der Waals surface area contributed by atoms with Crippen molar-refractivity contribution in [2.45, 2.75) is 31.1 Å². The van der Waals surface area contributed by atoms with E-state index < -0.39 is 10.0 Å². The maximum absolute atomic E-state index is 12.8. The molecule has 0 N–H and O–H groups in total. The van der Waals surface area contributed by atoms with Crippen molar-refractivity contribution in [2.24, 2.45) is 13.0 Å². The largest absolute Gasteiger partial charge is 0.302 e. The van der Waals surface area contributed by atoms with E-state index >= 15 is 0 Å². The maximum atomic E-state index is 12.8. The zero-order chi connectivity index (χ0) is 15.0. The van der Waals surface area contributed by atoms with Crippen LogP contribution in [0.3, 0.4) is 0 Å². The van der Waals surface area contributed by atoms with Crippen LogP contribution in [0.25, 0.3) is 0 Å². The first kappa shape index (κ1) is 15.0. The third-order valence-electron chi connectivity index (χ3n) is 4.57. The molecule has 0 spiro atoms. The van der Waals surface area contributed by atoms with Gasteiger partial charge in [-0.15, -0.1) is 0 Å². The Balaban J connectivity index is 1.72. The molecule has 1 saturated carbocycles. The van der Waals surface area contributed by atoms with Crippen LogP contribution < -0.4 is 0 Å². The topological polar surface area (TPSA) is 58.4 Å². The SMILES string of the molecule is Cc1c(S(=O)(=O)N2CCCN(CC3CC3)CC2)cnn1C. The number of sulfonamides is 1. The lowest BCUT2D eigenvalue weighted by atomic mass is 10.3. The second kappa shape index (κ2) is 5.70. The molecule has 0 radical (unpaired) electrons. The van der Waals surface area contributed by atoms with Crippen molar-refractivity contribution < 1.29 is 8.42 Å². The highest BCUT2D eigenvalue weighted by Crippen LogP contribution is 2.30. The molecule has 0 atom stereocenters. The molecule has 2 aliphatic rings. The van der Waals surface area contributed by atoms with Gasteiger partial charge in [0.05, 0.1) is 11.9 Å². The second-order valence-corrected chi connectivity index (χ2v) is 8.13. The van der Waals surface area contributed by atoms with Crippen molar-refractivity contribution in [2.75, 3.05) is 32.7 Å². The Bertz CT molecular complexity index is 606. The van der Waals surface area contributed by atoms with E-state index in [0.717, 1.165) is 32.0 Å². The predicted octanol–water partition coefficient (Wildman–Crippen LogP) is 0.835. The smallest absolute Gasteiger partial charge is 0.246 e. The molecular formula is C14H24N4O2S. The first-order valence-corrected chi connectivity index (χ1v) is 9.13. The normalized spacial score (nSPS) is 22.4. The summed E-state index contributed by atoms with van der Waals surface area (Å²) in [5.74, 6) is 0.855. The lowest BCUT2D eigenvalue weighted by Crippen LogP contribution is -2.35. The van der Waals surface area contributed by atoms with Gasteiger partial charge >= 0.3 is 0 Å². The minimum Gasteiger partial charge on any atom is -0.302 e. The van der Waals surface area contributed by atoms with E-state index in [4.69, 9.17) is 0 Å². The van der Waals surface area contributed by atoms with E-state index in [2.05, 4.69) is 10.00 Å². The zero-order valence-corrected chi connectivity index (χ0v) is 13.6. The van der Waals surface area contributed by atoms with Gasteiger partial charge in [0.2, 0.25) is 10.0 Å². The highest BCUT2D eigenvalue weighted by molar-refractivity contribution is 7.89. The van der Waals surface area contributed by atoms with Gasteiger partial charge in [0.25, 0.3) is 0 Å². The molecule has 0 aromatic carbocycles. The molecule has 1 aliphatic heterocycles. The summed E-state index contributed by atoms with van der Waals surface area (Å²) in [6.45, 7) is 5.99. The number of aromatic nitrogens is 2. The molecule has 2 fully saturated rings. The Morgan fingerprint density at radius 1 is 1.24 bits per heavy atom. The number of rotatable bonds is 4. The van der Waals surface area contributed by atoms with Gasteiger partial charge in [0.15, 0.2) is 0 Å². The third-order valence-corrected chi connectivity index (χ3v) is 6.57. The van der Waals surface area contributed by atoms with Crippen LogP contribution >= 0.6 is 0 Å². The molecule has 0 amide bonds. The van der Waals surface area contributed by atoms with Gasteiger partial charge < -0.3 is 4.90 Å². The highest BCUT2D eigenvalue weighted by atomic mass is 32.2. The van der Waals surface area contributed by atoms with E-state index in [1.165, 1.54) is 19.0 Å². The minimum absolute atomic E-state index is 0.348. The van der Waals surface area contributed by atoms with Gasteiger partial charge in [0.1, 0.15) is 4.90 Å². The monoisotopic (exact) mass is 312 g/mol. The van der Waals surface area contributed by atoms with Gasteiger partial charge in [-0.3, -0.25) is 4.68 Å². The summed E-state index contributed by atoms with van der Waals surface area (Å²) < 4.78 is 28.8. The lowest BCUT2D eigenvalue weighted by Gasteiger charge is -2.21. The van der Waals surface area contributed by atoms with Crippen LogP contribution in [-0.2, 0) is 17.1 Å². The Morgan fingerprint density at radius 2 is 2.00 bits per heavy atom. The molecule has 0 unspecified atom stereocenters. The number of aryl methyl sites for hydroxylation is 1. The van der Waals surface area contributed by atoms with Crippen LogP contribution in [0.5, 0.6) is 0 Å². The number of hydrogen-bond acceptors (Lipinski definition) is 4. The fourth-order valence-electron chi connectivity index (χ4n) is 2.91. The third kappa shape index (κ3) is 3.14. The molecule has 1 saturated heterocycles. The summed E-state index contributed by atoms with van der Waals surface area (Å²) in [4.78, 5) is 2.77. The van der Waals surface area contributed by atoms with Crippen molar-refractivity contribution in [3.8, 4) is 0 Å². The summed E-state index contributed by atoms with van der Waals surface area (Å²) in [5.41, 5.74) is 0.703. The van der Waals surface area contributed by atoms with Crippen molar-refractivity contribution in [3.63, 3.8) is 0 Å². The molecule has 3 rings (SSSR count). The average Bonchev–Trinajstić information content (AvgIpc) is 3.21. The fraction of sp³-hybridized carbons (Fsp3) is 0.786. The van der Waals surface area contributed by atoms with Crippen LogP contribution in [0.4, 0.5) is 0 Å². The van der Waals surface area contributed by atoms with Crippen LogP contribution in [0, 0.1) is 12.8 Å². The van der Waals surface area contributed by atoms with Gasteiger partial charge in [-0.2, -0.15) is 9.40 Å². The second-order valence-electron chi connectivity index (χ2n) is 6.22. The molecule has 118 valence electrons. The lowest BCUT2D eigenvalue weighted by molar-refractivity contribution is 0.275. The van der Waals surface area contributed by atoms with E-state index in [0.29, 0.717) is 23.7 Å². The summed E-state index contributed by atoms with van der Waals surface area (Å²) in [5, 5.41) is 4.06. The van der Waals surface area contributed by atoms with Gasteiger partial charge in [-0.1, -0.05) is 0 Å². The van der Waals surface area contributed by atoms with Gasteiger partial charge in [0, 0.05) is 33.2 Å². The van der Waals surface area contributed by atoms with E-state index in [1.54, 1.807) is 23.0 Å². The van der Waals surface area contributed by atoms with Crippen molar-refractivity contribution in [1.29, 1.82) is 0 Å². The molecule has 1 aromatic heterocycles. The zero-order valence-electron chi connectivity index (χ0n) is 12.8. The predicted molar refractivity (Wildman–Crippen MR) is 80.5 cm³/mol. The maximum Gasteiger partial charge on any atom is 0.246 e. The molecular weight excluding hydrogens is 288 g/mol. The number of hydrogen-bond donors (Lipinski definition) is 0. The first-order chi connectivity index (χ1) is 9.98. The van der Waals surface area contributed by atoms with Crippen LogP contribution in [0.2, 0.25) is 0 Å². The number of nitrogens with zero attached hydrogens (tertiary/aromatic N) is 4. The molecule has 7 heteroatoms. The molecule has 2 heterocycles. The Morgan fingerprint density at radius 3 is 2.62 bits per heavy atom. The van der Waals surface area contributed by atoms with Crippen LogP contribution in [-0.4, -0.2) is 60.1 Å². The van der Waals surface area contributed by atoms with E-state index in [-0.39, 0.29) is 0 Å². The minimum atomic E-state index is -3.41. The Hall–Kier alpha value is -0.920. The first-order valence-electron chi connectivity index (χ1n) is 7.69. The van der Waals surface area contributed by atoms with Crippen molar-refractivity contribution in [1.82, 2.24) is 19.0 Å². The van der Waals surface area contributed by atoms with Gasteiger partial charge in [-0.05, 0) is 38.6 Å². The Kier molecular flexibility index (Phi) is 4.07. The fourth-order valence-corrected chi connectivity index (χ4v) is 4.56. The molecule has 21 heavy (non-hydrogen) atoms. The van der Waals surface area contributed by atoms with Crippen LogP contribution in [0.15, 0.2) is 11.1 Å². The molecule has 0 bridgehead atoms. The highest BCUT2D eigenvalue weighted by Gasteiger charge is 2.31. The summed E-state index contributed by atoms with van der Waals surface area (Å²) in [6.07, 6.45) is 5.06.